The highest BCUT2D eigenvalue weighted by Crippen LogP contribution is 2.21. The quantitative estimate of drug-likeness (QED) is 0.270. The van der Waals surface area contributed by atoms with Crippen LogP contribution in [0.1, 0.15) is 30.1 Å². The molecular weight excluding hydrogens is 348 g/mol. The number of rotatable bonds is 4. The van der Waals surface area contributed by atoms with Gasteiger partial charge in [0.1, 0.15) is 0 Å². The van der Waals surface area contributed by atoms with Crippen LogP contribution in [0.2, 0.25) is 0 Å². The van der Waals surface area contributed by atoms with E-state index in [1.54, 1.807) is 0 Å². The van der Waals surface area contributed by atoms with E-state index >= 15 is 0 Å². The second-order valence-electron chi connectivity index (χ2n) is 3.34. The molecule has 0 saturated heterocycles. The lowest BCUT2D eigenvalue weighted by molar-refractivity contribution is 0.0493. The molecule has 0 aliphatic rings. The number of halogens is 4. The molecule has 2 nitrogen and oxygen atoms in total. The minimum absolute atomic E-state index is 0.129. The van der Waals surface area contributed by atoms with E-state index in [2.05, 4.69) is 0 Å². The fourth-order valence-corrected chi connectivity index (χ4v) is 1.66. The molecule has 94 valence electrons. The Balaban J connectivity index is 2.94. The first kappa shape index (κ1) is 14.3. The number of esters is 1. The van der Waals surface area contributed by atoms with Crippen LogP contribution in [0.4, 0.5) is 13.2 Å². The summed E-state index contributed by atoms with van der Waals surface area (Å²) in [4.78, 5) is 11.4. The normalized spacial score (nSPS) is 10.4. The largest absolute Gasteiger partial charge is 0.462 e. The van der Waals surface area contributed by atoms with Crippen LogP contribution in [-0.4, -0.2) is 12.6 Å². The Labute approximate surface area is 110 Å². The van der Waals surface area contributed by atoms with Crippen molar-refractivity contribution in [1.29, 1.82) is 0 Å². The lowest BCUT2D eigenvalue weighted by Gasteiger charge is -2.07. The zero-order valence-electron chi connectivity index (χ0n) is 9.03. The average molecular weight is 358 g/mol. The maximum Gasteiger partial charge on any atom is 0.341 e. The minimum atomic E-state index is -1.65. The van der Waals surface area contributed by atoms with Crippen LogP contribution in [0.5, 0.6) is 0 Å². The van der Waals surface area contributed by atoms with Gasteiger partial charge in [0, 0.05) is 0 Å². The Morgan fingerprint density at radius 2 is 1.94 bits per heavy atom. The zero-order chi connectivity index (χ0) is 13.0. The van der Waals surface area contributed by atoms with Gasteiger partial charge in [0.25, 0.3) is 0 Å². The summed E-state index contributed by atoms with van der Waals surface area (Å²) < 4.78 is 43.9. The van der Waals surface area contributed by atoms with Crippen molar-refractivity contribution in [3.05, 3.63) is 32.7 Å². The van der Waals surface area contributed by atoms with Crippen molar-refractivity contribution in [3.63, 3.8) is 0 Å². The monoisotopic (exact) mass is 358 g/mol. The number of ether oxygens (including phenoxy) is 1. The number of carbonyl (C=O) groups excluding carboxylic acids is 1. The van der Waals surface area contributed by atoms with Crippen LogP contribution in [0, 0.1) is 21.0 Å². The molecule has 0 atom stereocenters. The summed E-state index contributed by atoms with van der Waals surface area (Å²) in [5, 5.41) is 0. The minimum Gasteiger partial charge on any atom is -0.462 e. The summed E-state index contributed by atoms with van der Waals surface area (Å²) in [5.41, 5.74) is -0.579. The van der Waals surface area contributed by atoms with E-state index in [0.29, 0.717) is 6.42 Å². The highest BCUT2D eigenvalue weighted by Gasteiger charge is 2.22. The van der Waals surface area contributed by atoms with Gasteiger partial charge in [-0.05, 0) is 35.1 Å². The molecule has 17 heavy (non-hydrogen) atoms. The Morgan fingerprint density at radius 1 is 1.29 bits per heavy atom. The molecule has 6 heteroatoms. The van der Waals surface area contributed by atoms with Gasteiger partial charge in [-0.2, -0.15) is 0 Å². The summed E-state index contributed by atoms with van der Waals surface area (Å²) in [6, 6.07) is 0.933. The van der Waals surface area contributed by atoms with E-state index in [-0.39, 0.29) is 10.2 Å². The van der Waals surface area contributed by atoms with Gasteiger partial charge >= 0.3 is 5.97 Å². The second-order valence-corrected chi connectivity index (χ2v) is 4.50. The number of hydrogen-bond donors (Lipinski definition) is 0. The van der Waals surface area contributed by atoms with Gasteiger partial charge in [0.05, 0.1) is 15.7 Å². The van der Waals surface area contributed by atoms with Gasteiger partial charge in [-0.1, -0.05) is 13.3 Å². The van der Waals surface area contributed by atoms with Crippen molar-refractivity contribution in [2.24, 2.45) is 0 Å². The first-order valence-electron chi connectivity index (χ1n) is 4.99. The molecule has 0 spiro atoms. The standard InChI is InChI=1S/C11H10F3IO2/c1-2-3-4-17-11(16)6-5-7(15)9(13)10(14)8(6)12/h5H,2-4H2,1H3. The molecule has 0 aliphatic heterocycles. The third-order valence-electron chi connectivity index (χ3n) is 2.05. The summed E-state index contributed by atoms with van der Waals surface area (Å²) in [6.45, 7) is 2.03. The van der Waals surface area contributed by atoms with Crippen LogP contribution in [0.25, 0.3) is 0 Å². The number of unbranched alkanes of at least 4 members (excludes halogenated alkanes) is 1. The van der Waals surface area contributed by atoms with E-state index in [0.717, 1.165) is 12.5 Å². The first-order valence-corrected chi connectivity index (χ1v) is 6.07. The highest BCUT2D eigenvalue weighted by atomic mass is 127. The molecule has 0 radical (unpaired) electrons. The molecule has 0 amide bonds. The molecule has 0 heterocycles. The fraction of sp³-hybridized carbons (Fsp3) is 0.364. The van der Waals surface area contributed by atoms with Crippen molar-refractivity contribution in [2.75, 3.05) is 6.61 Å². The van der Waals surface area contributed by atoms with Gasteiger partial charge in [-0.15, -0.1) is 0 Å². The van der Waals surface area contributed by atoms with Gasteiger partial charge in [-0.3, -0.25) is 0 Å². The topological polar surface area (TPSA) is 26.3 Å². The molecule has 0 bridgehead atoms. The van der Waals surface area contributed by atoms with Crippen LogP contribution < -0.4 is 0 Å². The highest BCUT2D eigenvalue weighted by molar-refractivity contribution is 14.1. The predicted octanol–water partition coefficient (Wildman–Crippen LogP) is 3.67. The maximum absolute atomic E-state index is 13.3. The maximum atomic E-state index is 13.3. The third-order valence-corrected chi connectivity index (χ3v) is 2.84. The molecule has 0 saturated carbocycles. The van der Waals surface area contributed by atoms with E-state index in [9.17, 15) is 18.0 Å². The van der Waals surface area contributed by atoms with E-state index in [1.165, 1.54) is 22.6 Å². The van der Waals surface area contributed by atoms with E-state index < -0.39 is 29.0 Å². The zero-order valence-corrected chi connectivity index (χ0v) is 11.2. The lowest BCUT2D eigenvalue weighted by atomic mass is 10.2. The van der Waals surface area contributed by atoms with E-state index in [4.69, 9.17) is 4.74 Å². The van der Waals surface area contributed by atoms with Gasteiger partial charge in [0.2, 0.25) is 0 Å². The summed E-state index contributed by atoms with van der Waals surface area (Å²) >= 11 is 1.48. The van der Waals surface area contributed by atoms with Crippen LogP contribution in [0.3, 0.4) is 0 Å². The van der Waals surface area contributed by atoms with E-state index in [1.807, 2.05) is 6.92 Å². The number of benzene rings is 1. The Hall–Kier alpha value is -0.790. The van der Waals surface area contributed by atoms with Crippen molar-refractivity contribution in [1.82, 2.24) is 0 Å². The summed E-state index contributed by atoms with van der Waals surface area (Å²) in [5.74, 6) is -5.44. The molecule has 0 aromatic heterocycles. The molecule has 0 unspecified atom stereocenters. The number of hydrogen-bond acceptors (Lipinski definition) is 2. The van der Waals surface area contributed by atoms with Crippen molar-refractivity contribution in [2.45, 2.75) is 19.8 Å². The predicted molar refractivity (Wildman–Crippen MR) is 64.2 cm³/mol. The average Bonchev–Trinajstić information content (AvgIpc) is 2.31. The van der Waals surface area contributed by atoms with Crippen LogP contribution >= 0.6 is 22.6 Å². The fourth-order valence-electron chi connectivity index (χ4n) is 1.11. The molecule has 0 N–H and O–H groups in total. The van der Waals surface area contributed by atoms with Crippen LogP contribution in [-0.2, 0) is 4.74 Å². The third kappa shape index (κ3) is 3.34. The van der Waals surface area contributed by atoms with Crippen molar-refractivity contribution >= 4 is 28.6 Å². The molecule has 1 rings (SSSR count). The molecule has 0 fully saturated rings. The van der Waals surface area contributed by atoms with Crippen LogP contribution in [0.15, 0.2) is 6.07 Å². The SMILES string of the molecule is CCCCOC(=O)c1cc(I)c(F)c(F)c1F. The Kier molecular flexibility index (Phi) is 5.23. The first-order chi connectivity index (χ1) is 7.99. The second kappa shape index (κ2) is 6.23. The molecule has 1 aromatic carbocycles. The molecule has 1 aromatic rings. The van der Waals surface area contributed by atoms with Gasteiger partial charge < -0.3 is 4.74 Å². The summed E-state index contributed by atoms with van der Waals surface area (Å²) in [7, 11) is 0. The Bertz CT molecular complexity index is 435. The Morgan fingerprint density at radius 3 is 2.53 bits per heavy atom. The number of carbonyl (C=O) groups is 1. The smallest absolute Gasteiger partial charge is 0.341 e. The van der Waals surface area contributed by atoms with Gasteiger partial charge in [-0.25, -0.2) is 18.0 Å². The van der Waals surface area contributed by atoms with Crippen molar-refractivity contribution in [3.8, 4) is 0 Å². The molecular formula is C11H10F3IO2. The lowest BCUT2D eigenvalue weighted by Crippen LogP contribution is -2.11. The van der Waals surface area contributed by atoms with Gasteiger partial charge in [0.15, 0.2) is 17.5 Å². The van der Waals surface area contributed by atoms with Crippen molar-refractivity contribution < 1.29 is 22.7 Å². The molecule has 0 aliphatic carbocycles. The summed E-state index contributed by atoms with van der Waals surface area (Å²) in [6.07, 6.45) is 1.44.